The van der Waals surface area contributed by atoms with Crippen molar-refractivity contribution in [1.82, 2.24) is 49.8 Å². The molecule has 0 radical (unpaired) electrons. The van der Waals surface area contributed by atoms with Crippen LogP contribution in [0.4, 0.5) is 46.0 Å². The van der Waals surface area contributed by atoms with E-state index in [1.54, 1.807) is 48.8 Å². The number of morpholine rings is 4. The summed E-state index contributed by atoms with van der Waals surface area (Å²) in [5.74, 6) is 6.90. The predicted molar refractivity (Wildman–Crippen MR) is 473 cm³/mol. The Bertz CT molecular complexity index is 5020. The Morgan fingerprint density at radius 2 is 0.812 bits per heavy atom. The molecule has 5 aromatic carbocycles. The molecule has 0 saturated carbocycles. The molecule has 28 heteroatoms. The van der Waals surface area contributed by atoms with Gasteiger partial charge in [0, 0.05) is 196 Å². The predicted octanol–water partition coefficient (Wildman–Crippen LogP) is 14.8. The third-order valence-corrected chi connectivity index (χ3v) is 26.7. The molecule has 0 amide bonds. The van der Waals surface area contributed by atoms with Crippen LogP contribution in [0.15, 0.2) is 157 Å². The van der Waals surface area contributed by atoms with Crippen molar-refractivity contribution in [3.63, 3.8) is 0 Å². The number of fused-ring (bicyclic) bond motifs is 4. The van der Waals surface area contributed by atoms with E-state index in [0.29, 0.717) is 23.0 Å². The third-order valence-electron chi connectivity index (χ3n) is 24.0. The van der Waals surface area contributed by atoms with E-state index < -0.39 is 6.10 Å². The fourth-order valence-corrected chi connectivity index (χ4v) is 20.4. The van der Waals surface area contributed by atoms with Gasteiger partial charge in [0.2, 0.25) is 5.28 Å². The number of aromatic nitrogens is 10. The Morgan fingerprint density at radius 1 is 0.402 bits per heavy atom. The fourth-order valence-electron chi connectivity index (χ4n) is 18.0. The summed E-state index contributed by atoms with van der Waals surface area (Å²) in [6, 6.07) is 38.3. The highest BCUT2D eigenvalue weighted by Gasteiger charge is 2.32. The minimum atomic E-state index is -0.533. The lowest BCUT2D eigenvalue weighted by atomic mass is 9.88. The number of halogens is 1. The Kier molecular flexibility index (Phi) is 26.8. The number of hydrogen-bond donors (Lipinski definition) is 1. The van der Waals surface area contributed by atoms with Gasteiger partial charge in [-0.1, -0.05) is 18.2 Å². The number of anilines is 8. The minimum absolute atomic E-state index is 0.133. The number of methoxy groups -OCH3 is 1. The number of piperidine rings is 4. The van der Waals surface area contributed by atoms with Crippen molar-refractivity contribution in [2.45, 2.75) is 76.7 Å². The fraction of sp³-hybridized carbons (Fsp3) is 0.461. The summed E-state index contributed by atoms with van der Waals surface area (Å²) in [7, 11) is 1.65. The molecule has 7 aromatic heterocycles. The smallest absolute Gasteiger partial charge is 0.224 e. The van der Waals surface area contributed by atoms with Gasteiger partial charge in [0.05, 0.1) is 98.2 Å². The molecule has 15 heterocycles. The molecule has 0 bridgehead atoms. The molecular weight excluding hydrogens is 1550 g/mol. The van der Waals surface area contributed by atoms with Crippen LogP contribution in [0.2, 0.25) is 5.28 Å². The summed E-state index contributed by atoms with van der Waals surface area (Å²) in [5.41, 5.74) is 9.62. The normalized spacial score (nSPS) is 20.5. The second kappa shape index (κ2) is 39.1. The number of hydrogen-bond acceptors (Lipinski definition) is 27. The average Bonchev–Trinajstić information content (AvgIpc) is 1.39. The molecule has 0 aliphatic carbocycles. The van der Waals surface area contributed by atoms with Crippen molar-refractivity contribution < 1.29 is 28.8 Å². The van der Waals surface area contributed by atoms with E-state index in [9.17, 15) is 5.11 Å². The number of ether oxygens (including phenoxy) is 5. The molecule has 5 atom stereocenters. The average molecular weight is 1650 g/mol. The number of thiazole rings is 2. The second-order valence-electron chi connectivity index (χ2n) is 31.6. The number of nitrogens with zero attached hydrogens (tertiary/aromatic N) is 18. The maximum absolute atomic E-state index is 11.1. The van der Waals surface area contributed by atoms with Gasteiger partial charge in [-0.25, -0.2) is 44.9 Å². The van der Waals surface area contributed by atoms with Crippen molar-refractivity contribution >= 4 is 135 Å². The van der Waals surface area contributed by atoms with Gasteiger partial charge in [-0.15, -0.1) is 34.0 Å². The van der Waals surface area contributed by atoms with Gasteiger partial charge in [0.15, 0.2) is 0 Å². The number of benzene rings is 5. The summed E-state index contributed by atoms with van der Waals surface area (Å²) in [6.07, 6.45) is 21.0. The SMILES string of the molecule is COc1cccc(C(O)C2CCCN(c3ncnc4cc(N5CCOCC5)ccc34)C2)c1.Clc1nc(N2CCCC(Cc3nccs3)C2)c2ccc(N3CCOCC3)cc2n1.c1csc(CC2CCCN(c3ncnc4cc(N5CCOCC5)ccc34)C2)c1.c1csc(CC2CCCN(c3ncnc4cc(N5CCOCC5)ccc34)C2)n1. The van der Waals surface area contributed by atoms with Crippen LogP contribution in [-0.2, 0) is 38.2 Å². The van der Waals surface area contributed by atoms with E-state index in [0.717, 1.165) is 268 Å². The molecule has 8 fully saturated rings. The standard InChI is InChI=1S/C25H30N4O3.C22H26N4OS.C21H24ClN5OS.C21H25N5OS/c1-31-21-6-2-4-18(14-21)24(30)19-5-3-9-29(16-19)25-22-8-7-20(15-23(22)26-17-27-25)28-10-12-32-13-11-28;1-3-17(13-19-4-2-12-28-19)15-26(7-1)22-20-6-5-18(14-21(20)23-16-24-22)25-8-10-27-11-9-25;22-21-24-18-13-16(26-7-9-28-10-8-26)3-4-17(18)20(25-21)27-6-1-2-15(14-27)12-19-23-5-11-29-19;1-2-16(12-20-22-5-11-28-20)14-26(6-1)21-18-4-3-17(13-19(18)23-15-24-21)25-7-9-27-10-8-25/h2,4,6-8,14-15,17,19,24,30H,3,5,9-13,16H2,1H3;2,4-6,12,14,16-17H,1,3,7-11,13,15H2;3-5,11,13,15H,1-2,6-10,12,14H2;3-5,11,13,15-16H,1-2,6-10,12,14H2. The summed E-state index contributed by atoms with van der Waals surface area (Å²) in [4.78, 5) is 66.3. The molecule has 5 unspecified atom stereocenters. The van der Waals surface area contributed by atoms with E-state index in [-0.39, 0.29) is 5.92 Å². The molecule has 0 spiro atoms. The Balaban J connectivity index is 0.000000112. The van der Waals surface area contributed by atoms with Gasteiger partial charge in [-0.05, 0) is 189 Å². The monoisotopic (exact) mass is 1650 g/mol. The van der Waals surface area contributed by atoms with Crippen LogP contribution in [0.3, 0.4) is 0 Å². The van der Waals surface area contributed by atoms with Gasteiger partial charge in [0.1, 0.15) is 48.0 Å². The largest absolute Gasteiger partial charge is 0.497 e. The van der Waals surface area contributed by atoms with Crippen LogP contribution < -0.4 is 43.9 Å². The van der Waals surface area contributed by atoms with Crippen LogP contribution in [0.1, 0.15) is 77.9 Å². The zero-order valence-corrected chi connectivity index (χ0v) is 70.0. The highest BCUT2D eigenvalue weighted by molar-refractivity contribution is 7.10. The van der Waals surface area contributed by atoms with E-state index >= 15 is 0 Å². The molecule has 20 rings (SSSR count). The molecule has 8 saturated heterocycles. The zero-order valence-electron chi connectivity index (χ0n) is 66.8. The molecule has 612 valence electrons. The van der Waals surface area contributed by atoms with E-state index in [1.807, 2.05) is 48.0 Å². The lowest BCUT2D eigenvalue weighted by Crippen LogP contribution is -2.38. The van der Waals surface area contributed by atoms with E-state index in [1.165, 1.54) is 76.2 Å². The molecule has 12 aromatic rings. The lowest BCUT2D eigenvalue weighted by molar-refractivity contribution is 0.0978. The first-order valence-electron chi connectivity index (χ1n) is 41.9. The number of rotatable bonds is 17. The highest BCUT2D eigenvalue weighted by atomic mass is 35.5. The van der Waals surface area contributed by atoms with Crippen molar-refractivity contribution in [3.05, 3.63) is 182 Å². The number of aliphatic hydroxyl groups is 1. The van der Waals surface area contributed by atoms with Gasteiger partial charge >= 0.3 is 0 Å². The van der Waals surface area contributed by atoms with Gasteiger partial charge in [-0.3, -0.25) is 0 Å². The topological polar surface area (TPSA) is 221 Å². The molecule has 8 aliphatic rings. The van der Waals surface area contributed by atoms with Crippen molar-refractivity contribution in [2.75, 3.05) is 204 Å². The Morgan fingerprint density at radius 3 is 1.23 bits per heavy atom. The zero-order chi connectivity index (χ0) is 79.1. The Hall–Kier alpha value is -9.29. The van der Waals surface area contributed by atoms with Crippen LogP contribution in [0.5, 0.6) is 5.75 Å². The van der Waals surface area contributed by atoms with Crippen molar-refractivity contribution in [2.24, 2.45) is 23.7 Å². The first-order valence-corrected chi connectivity index (χ1v) is 44.9. The molecule has 24 nitrogen and oxygen atoms in total. The van der Waals surface area contributed by atoms with Crippen LogP contribution in [0, 0.1) is 23.7 Å². The van der Waals surface area contributed by atoms with E-state index in [4.69, 9.17) is 35.3 Å². The third kappa shape index (κ3) is 20.0. The quantitative estimate of drug-likeness (QED) is 0.0837. The first kappa shape index (κ1) is 80.1. The van der Waals surface area contributed by atoms with Crippen molar-refractivity contribution in [1.29, 1.82) is 0 Å². The van der Waals surface area contributed by atoms with Gasteiger partial charge in [0.25, 0.3) is 0 Å². The van der Waals surface area contributed by atoms with Crippen LogP contribution in [-0.4, -0.2) is 220 Å². The summed E-state index contributed by atoms with van der Waals surface area (Å²) in [5, 5.41) is 24.6. The van der Waals surface area contributed by atoms with Crippen LogP contribution >= 0.6 is 45.6 Å². The number of aliphatic hydroxyl groups excluding tert-OH is 1. The molecule has 8 aliphatic heterocycles. The first-order chi connectivity index (χ1) is 57.7. The van der Waals surface area contributed by atoms with Crippen LogP contribution in [0.25, 0.3) is 43.6 Å². The Labute approximate surface area is 701 Å². The summed E-state index contributed by atoms with van der Waals surface area (Å²) >= 11 is 11.7. The van der Waals surface area contributed by atoms with Crippen molar-refractivity contribution in [3.8, 4) is 5.75 Å². The van der Waals surface area contributed by atoms with Gasteiger partial charge in [-0.2, -0.15) is 4.98 Å². The summed E-state index contributed by atoms with van der Waals surface area (Å²) < 4.78 is 27.2. The number of thiophene rings is 1. The van der Waals surface area contributed by atoms with Gasteiger partial charge < -0.3 is 68.0 Å². The second-order valence-corrected chi connectivity index (χ2v) is 34.9. The maximum Gasteiger partial charge on any atom is 0.224 e. The molecule has 117 heavy (non-hydrogen) atoms. The lowest BCUT2D eigenvalue weighted by Gasteiger charge is -2.36. The molecular formula is C89H105ClN18O6S3. The maximum atomic E-state index is 11.1. The van der Waals surface area contributed by atoms with E-state index in [2.05, 4.69) is 190 Å². The highest BCUT2D eigenvalue weighted by Crippen LogP contribution is 2.39. The minimum Gasteiger partial charge on any atom is -0.497 e. The molecule has 1 N–H and O–H groups in total. The summed E-state index contributed by atoms with van der Waals surface area (Å²) in [6.45, 7) is 21.5.